The minimum Gasteiger partial charge on any atom is -0.378 e. The highest BCUT2D eigenvalue weighted by atomic mass is 79.9. The van der Waals surface area contributed by atoms with Crippen LogP contribution in [0.1, 0.15) is 5.56 Å². The van der Waals surface area contributed by atoms with E-state index in [9.17, 15) is 0 Å². The molecule has 1 rings (SSSR count). The van der Waals surface area contributed by atoms with Crippen LogP contribution in [0.2, 0.25) is 0 Å². The van der Waals surface area contributed by atoms with Gasteiger partial charge in [0.25, 0.3) is 0 Å². The van der Waals surface area contributed by atoms with Gasteiger partial charge in [-0.3, -0.25) is 0 Å². The molecule has 0 saturated heterocycles. The van der Waals surface area contributed by atoms with Crippen molar-refractivity contribution in [3.05, 3.63) is 29.8 Å². The predicted octanol–water partition coefficient (Wildman–Crippen LogP) is 3.23. The van der Waals surface area contributed by atoms with Crippen LogP contribution >= 0.6 is 32.9 Å². The lowest BCUT2D eigenvalue weighted by atomic mass is 10.2. The lowest BCUT2D eigenvalue weighted by Gasteiger charge is -2.12. The first-order valence-corrected chi connectivity index (χ1v) is 4.68. The topological polar surface area (TPSA) is 3.24 Å². The summed E-state index contributed by atoms with van der Waals surface area (Å²) in [5.74, 6) is 0. The first-order valence-electron chi connectivity index (χ1n) is 3.56. The minimum absolute atomic E-state index is 0. The van der Waals surface area contributed by atoms with E-state index in [4.69, 9.17) is 0 Å². The fourth-order valence-corrected chi connectivity index (χ4v) is 1.27. The molecule has 68 valence electrons. The molecule has 0 unspecified atom stereocenters. The molecule has 0 saturated carbocycles. The number of halogens is 2. The van der Waals surface area contributed by atoms with E-state index in [1.807, 2.05) is 14.1 Å². The van der Waals surface area contributed by atoms with E-state index in [1.54, 1.807) is 0 Å². The average molecular weight is 295 g/mol. The Morgan fingerprint density at radius 2 is 2.00 bits per heavy atom. The molecule has 0 aliphatic carbocycles. The zero-order valence-corrected chi connectivity index (χ0v) is 10.5. The van der Waals surface area contributed by atoms with Gasteiger partial charge in [-0.1, -0.05) is 28.1 Å². The lowest BCUT2D eigenvalue weighted by Crippen LogP contribution is -2.08. The van der Waals surface area contributed by atoms with Crippen LogP contribution in [0.5, 0.6) is 0 Å². The van der Waals surface area contributed by atoms with E-state index in [1.165, 1.54) is 11.3 Å². The lowest BCUT2D eigenvalue weighted by molar-refractivity contribution is 1.13. The van der Waals surface area contributed by atoms with Crippen molar-refractivity contribution in [2.45, 2.75) is 5.33 Å². The number of benzene rings is 1. The van der Waals surface area contributed by atoms with Gasteiger partial charge in [0.15, 0.2) is 0 Å². The Bertz CT molecular complexity index is 236. The van der Waals surface area contributed by atoms with Gasteiger partial charge in [0, 0.05) is 25.1 Å². The van der Waals surface area contributed by atoms with Gasteiger partial charge in [-0.25, -0.2) is 0 Å². The molecule has 0 heterocycles. The maximum atomic E-state index is 3.42. The first kappa shape index (κ1) is 12.0. The van der Waals surface area contributed by atoms with Gasteiger partial charge in [-0.05, 0) is 17.7 Å². The highest BCUT2D eigenvalue weighted by Crippen LogP contribution is 2.14. The van der Waals surface area contributed by atoms with Crippen LogP contribution < -0.4 is 4.90 Å². The van der Waals surface area contributed by atoms with Gasteiger partial charge >= 0.3 is 0 Å². The van der Waals surface area contributed by atoms with E-state index in [0.717, 1.165) is 5.33 Å². The molecule has 0 fully saturated rings. The highest BCUT2D eigenvalue weighted by molar-refractivity contribution is 9.08. The third-order valence-electron chi connectivity index (χ3n) is 1.58. The van der Waals surface area contributed by atoms with Gasteiger partial charge < -0.3 is 4.90 Å². The van der Waals surface area contributed by atoms with Gasteiger partial charge in [-0.15, -0.1) is 17.0 Å². The van der Waals surface area contributed by atoms with Crippen molar-refractivity contribution in [1.82, 2.24) is 0 Å². The fourth-order valence-electron chi connectivity index (χ4n) is 0.918. The molecule has 12 heavy (non-hydrogen) atoms. The summed E-state index contributed by atoms with van der Waals surface area (Å²) in [6.45, 7) is 0. The van der Waals surface area contributed by atoms with Gasteiger partial charge in [0.2, 0.25) is 0 Å². The third-order valence-corrected chi connectivity index (χ3v) is 2.23. The number of hydrogen-bond donors (Lipinski definition) is 0. The molecule has 0 spiro atoms. The molecule has 0 aliphatic rings. The molecule has 1 nitrogen and oxygen atoms in total. The maximum Gasteiger partial charge on any atom is 0.0364 e. The summed E-state index contributed by atoms with van der Waals surface area (Å²) >= 11 is 3.42. The number of nitrogens with zero attached hydrogens (tertiary/aromatic N) is 1. The highest BCUT2D eigenvalue weighted by Gasteiger charge is 1.94. The standard InChI is InChI=1S/C9H12BrN.BrH/c1-11(2)9-5-3-4-8(6-9)7-10;/h3-6H,7H2,1-2H3;1H. The van der Waals surface area contributed by atoms with Gasteiger partial charge in [0.1, 0.15) is 0 Å². The minimum atomic E-state index is 0. The summed E-state index contributed by atoms with van der Waals surface area (Å²) < 4.78 is 0. The number of alkyl halides is 1. The molecule has 1 aromatic rings. The molecule has 0 radical (unpaired) electrons. The van der Waals surface area contributed by atoms with E-state index in [2.05, 4.69) is 45.1 Å². The second kappa shape index (κ2) is 5.60. The summed E-state index contributed by atoms with van der Waals surface area (Å²) in [4.78, 5) is 2.10. The van der Waals surface area contributed by atoms with Crippen LogP contribution in [-0.2, 0) is 5.33 Å². The molecule has 0 amide bonds. The fraction of sp³-hybridized carbons (Fsp3) is 0.333. The molecular formula is C9H13Br2N. The molecule has 0 bridgehead atoms. The van der Waals surface area contributed by atoms with Crippen LogP contribution in [-0.4, -0.2) is 14.1 Å². The Morgan fingerprint density at radius 1 is 1.33 bits per heavy atom. The molecule has 0 aliphatic heterocycles. The Labute approximate surface area is 92.7 Å². The third kappa shape index (κ3) is 3.15. The van der Waals surface area contributed by atoms with Crippen LogP contribution in [0.15, 0.2) is 24.3 Å². The van der Waals surface area contributed by atoms with E-state index >= 15 is 0 Å². The Morgan fingerprint density at radius 3 is 2.50 bits per heavy atom. The van der Waals surface area contributed by atoms with E-state index in [0.29, 0.717) is 0 Å². The Hall–Kier alpha value is -0.0200. The number of rotatable bonds is 2. The summed E-state index contributed by atoms with van der Waals surface area (Å²) in [5, 5.41) is 0.925. The maximum absolute atomic E-state index is 3.42. The summed E-state index contributed by atoms with van der Waals surface area (Å²) in [5.41, 5.74) is 2.57. The zero-order chi connectivity index (χ0) is 8.27. The molecular weight excluding hydrogens is 282 g/mol. The van der Waals surface area contributed by atoms with Crippen LogP contribution in [0.3, 0.4) is 0 Å². The number of hydrogen-bond acceptors (Lipinski definition) is 1. The predicted molar refractivity (Wildman–Crippen MR) is 63.7 cm³/mol. The Balaban J connectivity index is 0.00000121. The SMILES string of the molecule is Br.CN(C)c1cccc(CBr)c1. The van der Waals surface area contributed by atoms with Crippen molar-refractivity contribution in [2.24, 2.45) is 0 Å². The zero-order valence-electron chi connectivity index (χ0n) is 7.25. The quantitative estimate of drug-likeness (QED) is 0.757. The summed E-state index contributed by atoms with van der Waals surface area (Å²) in [6, 6.07) is 8.47. The Kier molecular flexibility index (Phi) is 5.59. The summed E-state index contributed by atoms with van der Waals surface area (Å²) in [7, 11) is 4.10. The monoisotopic (exact) mass is 293 g/mol. The first-order chi connectivity index (χ1) is 5.24. The van der Waals surface area contributed by atoms with Crippen LogP contribution in [0.4, 0.5) is 5.69 Å². The normalized spacial score (nSPS) is 8.92. The number of anilines is 1. The van der Waals surface area contributed by atoms with Crippen molar-refractivity contribution >= 4 is 38.6 Å². The van der Waals surface area contributed by atoms with Crippen LogP contribution in [0.25, 0.3) is 0 Å². The smallest absolute Gasteiger partial charge is 0.0364 e. The van der Waals surface area contributed by atoms with Crippen molar-refractivity contribution in [3.63, 3.8) is 0 Å². The van der Waals surface area contributed by atoms with E-state index < -0.39 is 0 Å². The molecule has 0 N–H and O–H groups in total. The second-order valence-electron chi connectivity index (χ2n) is 2.70. The van der Waals surface area contributed by atoms with Crippen LogP contribution in [0, 0.1) is 0 Å². The average Bonchev–Trinajstić information content (AvgIpc) is 2.05. The van der Waals surface area contributed by atoms with Gasteiger partial charge in [-0.2, -0.15) is 0 Å². The second-order valence-corrected chi connectivity index (χ2v) is 3.26. The largest absolute Gasteiger partial charge is 0.378 e. The van der Waals surface area contributed by atoms with Gasteiger partial charge in [0.05, 0.1) is 0 Å². The van der Waals surface area contributed by atoms with Crippen molar-refractivity contribution in [1.29, 1.82) is 0 Å². The van der Waals surface area contributed by atoms with E-state index in [-0.39, 0.29) is 17.0 Å². The molecule has 3 heteroatoms. The van der Waals surface area contributed by atoms with Crippen molar-refractivity contribution in [3.8, 4) is 0 Å². The molecule has 0 atom stereocenters. The molecule has 1 aromatic carbocycles. The van der Waals surface area contributed by atoms with Crippen molar-refractivity contribution in [2.75, 3.05) is 19.0 Å². The van der Waals surface area contributed by atoms with Crippen molar-refractivity contribution < 1.29 is 0 Å². The molecule has 0 aromatic heterocycles. The summed E-state index contributed by atoms with van der Waals surface area (Å²) in [6.07, 6.45) is 0.